The van der Waals surface area contributed by atoms with E-state index in [1.807, 2.05) is 0 Å². The topological polar surface area (TPSA) is 116 Å². The highest BCUT2D eigenvalue weighted by atomic mass is 16.5. The molecule has 4 N–H and O–H groups in total. The van der Waals surface area contributed by atoms with Crippen LogP contribution in [0.1, 0.15) is 49.3 Å². The molecule has 8 nitrogen and oxygen atoms in total. The van der Waals surface area contributed by atoms with E-state index < -0.39 is 24.2 Å². The Morgan fingerprint density at radius 3 is 2.77 bits per heavy atom. The quantitative estimate of drug-likeness (QED) is 0.244. The van der Waals surface area contributed by atoms with Crippen LogP contribution in [0.2, 0.25) is 0 Å². The Labute approximate surface area is 181 Å². The van der Waals surface area contributed by atoms with Crippen molar-refractivity contribution in [1.82, 2.24) is 4.57 Å². The summed E-state index contributed by atoms with van der Waals surface area (Å²) in [5.41, 5.74) is 2.78. The third kappa shape index (κ3) is 5.34. The van der Waals surface area contributed by atoms with Gasteiger partial charge in [0.2, 0.25) is 0 Å². The minimum atomic E-state index is -1.03. The molecule has 0 spiro atoms. The fourth-order valence-corrected chi connectivity index (χ4v) is 3.84. The minimum absolute atomic E-state index is 0.0690. The maximum absolute atomic E-state index is 13.3. The number of nitrogens with zero attached hydrogens (tertiary/aromatic N) is 1. The van der Waals surface area contributed by atoms with Crippen LogP contribution in [0, 0.1) is 0 Å². The lowest BCUT2D eigenvalue weighted by atomic mass is 9.97. The predicted octanol–water partition coefficient (Wildman–Crippen LogP) is 2.66. The van der Waals surface area contributed by atoms with Crippen molar-refractivity contribution in [2.24, 2.45) is 5.84 Å². The third-order valence-electron chi connectivity index (χ3n) is 5.41. The largest absolute Gasteiger partial charge is 0.490 e. The van der Waals surface area contributed by atoms with Gasteiger partial charge in [0, 0.05) is 6.20 Å². The fraction of sp³-hybridized carbons (Fsp3) is 0.391. The standard InChI is InChI=1S/C23H29N3O5/c1-2-13-30-18-10-6-7-16(14-18)21(23(29)31-17-8-4-3-5-9-17)26-12-11-20(25-24)19(15-27)22(26)28/h2,6-7,10-12,14,17,21,25,27H,1,3-5,8-9,13,15,24H2. The molecule has 1 unspecified atom stereocenters. The van der Waals surface area contributed by atoms with Gasteiger partial charge in [-0.15, -0.1) is 0 Å². The molecular formula is C23H29N3O5. The molecule has 1 aromatic heterocycles. The van der Waals surface area contributed by atoms with Gasteiger partial charge in [-0.3, -0.25) is 15.2 Å². The third-order valence-corrected chi connectivity index (χ3v) is 5.41. The number of hydrazine groups is 1. The summed E-state index contributed by atoms with van der Waals surface area (Å²) in [5.74, 6) is 5.48. The molecule has 1 aliphatic carbocycles. The van der Waals surface area contributed by atoms with Crippen LogP contribution in [-0.2, 0) is 16.1 Å². The van der Waals surface area contributed by atoms with Gasteiger partial charge in [-0.05, 0) is 49.4 Å². The molecule has 0 amide bonds. The summed E-state index contributed by atoms with van der Waals surface area (Å²) in [6.07, 6.45) is 7.72. The first-order valence-corrected chi connectivity index (χ1v) is 10.4. The van der Waals surface area contributed by atoms with Gasteiger partial charge in [-0.1, -0.05) is 31.2 Å². The van der Waals surface area contributed by atoms with Gasteiger partial charge in [0.25, 0.3) is 5.56 Å². The number of rotatable bonds is 9. The van der Waals surface area contributed by atoms with Crippen LogP contribution in [0.3, 0.4) is 0 Å². The number of hydrogen-bond donors (Lipinski definition) is 3. The number of benzene rings is 1. The van der Waals surface area contributed by atoms with Gasteiger partial charge in [-0.2, -0.15) is 0 Å². The van der Waals surface area contributed by atoms with E-state index >= 15 is 0 Å². The van der Waals surface area contributed by atoms with E-state index in [9.17, 15) is 14.7 Å². The molecule has 1 aliphatic rings. The lowest BCUT2D eigenvalue weighted by Gasteiger charge is -2.26. The van der Waals surface area contributed by atoms with E-state index in [4.69, 9.17) is 15.3 Å². The number of ether oxygens (including phenoxy) is 2. The summed E-state index contributed by atoms with van der Waals surface area (Å²) in [4.78, 5) is 26.4. The Morgan fingerprint density at radius 1 is 1.32 bits per heavy atom. The van der Waals surface area contributed by atoms with Gasteiger partial charge in [0.1, 0.15) is 18.5 Å². The monoisotopic (exact) mass is 427 g/mol. The normalized spacial score (nSPS) is 15.2. The molecule has 0 aliphatic heterocycles. The highest BCUT2D eigenvalue weighted by molar-refractivity contribution is 5.78. The van der Waals surface area contributed by atoms with Crippen LogP contribution in [0.5, 0.6) is 5.75 Å². The molecule has 1 fully saturated rings. The molecule has 0 bridgehead atoms. The second-order valence-electron chi connectivity index (χ2n) is 7.49. The van der Waals surface area contributed by atoms with Gasteiger partial charge in [0.15, 0.2) is 6.04 Å². The van der Waals surface area contributed by atoms with Crippen molar-refractivity contribution in [3.05, 3.63) is 70.7 Å². The first kappa shape index (κ1) is 22.6. The number of pyridine rings is 1. The Morgan fingerprint density at radius 2 is 2.10 bits per heavy atom. The van der Waals surface area contributed by atoms with E-state index in [1.54, 1.807) is 36.4 Å². The molecule has 31 heavy (non-hydrogen) atoms. The van der Waals surface area contributed by atoms with Crippen LogP contribution in [0.25, 0.3) is 0 Å². The average Bonchev–Trinajstić information content (AvgIpc) is 2.79. The molecular weight excluding hydrogens is 398 g/mol. The van der Waals surface area contributed by atoms with Crippen molar-refractivity contribution in [2.75, 3.05) is 12.0 Å². The zero-order valence-electron chi connectivity index (χ0n) is 17.5. The summed E-state index contributed by atoms with van der Waals surface area (Å²) < 4.78 is 12.7. The lowest BCUT2D eigenvalue weighted by molar-refractivity contribution is -0.153. The van der Waals surface area contributed by atoms with E-state index in [0.717, 1.165) is 32.1 Å². The van der Waals surface area contributed by atoms with Crippen molar-refractivity contribution in [3.8, 4) is 5.75 Å². The Hall–Kier alpha value is -3.10. The van der Waals surface area contributed by atoms with Crippen molar-refractivity contribution in [3.63, 3.8) is 0 Å². The Bertz CT molecular complexity index is 966. The zero-order valence-corrected chi connectivity index (χ0v) is 17.5. The van der Waals surface area contributed by atoms with Crippen molar-refractivity contribution in [2.45, 2.75) is 50.9 Å². The highest BCUT2D eigenvalue weighted by Gasteiger charge is 2.29. The van der Waals surface area contributed by atoms with E-state index in [2.05, 4.69) is 12.0 Å². The molecule has 0 saturated heterocycles. The summed E-state index contributed by atoms with van der Waals surface area (Å²) >= 11 is 0. The maximum Gasteiger partial charge on any atom is 0.334 e. The number of anilines is 1. The van der Waals surface area contributed by atoms with Crippen molar-refractivity contribution >= 4 is 11.7 Å². The Kier molecular flexibility index (Phi) is 7.86. The van der Waals surface area contributed by atoms with E-state index in [0.29, 0.717) is 23.6 Å². The first-order chi connectivity index (χ1) is 15.1. The van der Waals surface area contributed by atoms with Gasteiger partial charge in [0.05, 0.1) is 17.9 Å². The molecule has 0 radical (unpaired) electrons. The number of aliphatic hydroxyl groups excluding tert-OH is 1. The summed E-state index contributed by atoms with van der Waals surface area (Å²) in [6, 6.07) is 7.48. The van der Waals surface area contributed by atoms with E-state index in [1.165, 1.54) is 10.8 Å². The van der Waals surface area contributed by atoms with Gasteiger partial charge >= 0.3 is 5.97 Å². The molecule has 8 heteroatoms. The van der Waals surface area contributed by atoms with Crippen LogP contribution < -0.4 is 21.6 Å². The second-order valence-corrected chi connectivity index (χ2v) is 7.49. The van der Waals surface area contributed by atoms with Crippen LogP contribution in [0.15, 0.2) is 54.0 Å². The van der Waals surface area contributed by atoms with Gasteiger partial charge in [-0.25, -0.2) is 4.79 Å². The number of aromatic nitrogens is 1. The average molecular weight is 428 g/mol. The van der Waals surface area contributed by atoms with Crippen LogP contribution in [-0.4, -0.2) is 28.4 Å². The molecule has 1 atom stereocenters. The number of hydrogen-bond acceptors (Lipinski definition) is 7. The van der Waals surface area contributed by atoms with Crippen molar-refractivity contribution in [1.29, 1.82) is 0 Å². The number of nitrogens with two attached hydrogens (primary N) is 1. The maximum atomic E-state index is 13.3. The number of carbonyl (C=O) groups excluding carboxylic acids is 1. The fourth-order valence-electron chi connectivity index (χ4n) is 3.84. The number of nitrogens with one attached hydrogen (secondary N) is 1. The van der Waals surface area contributed by atoms with Crippen molar-refractivity contribution < 1.29 is 19.4 Å². The molecule has 1 saturated carbocycles. The second kappa shape index (κ2) is 10.8. The molecule has 2 aromatic rings. The predicted molar refractivity (Wildman–Crippen MR) is 118 cm³/mol. The molecule has 1 aromatic carbocycles. The zero-order chi connectivity index (χ0) is 22.2. The first-order valence-electron chi connectivity index (χ1n) is 10.4. The summed E-state index contributed by atoms with van der Waals surface area (Å²) in [7, 11) is 0. The lowest BCUT2D eigenvalue weighted by Crippen LogP contribution is -2.36. The number of esters is 1. The summed E-state index contributed by atoms with van der Waals surface area (Å²) in [6.45, 7) is 3.43. The number of nitrogen functional groups attached to an aromatic ring is 1. The van der Waals surface area contributed by atoms with E-state index in [-0.39, 0.29) is 11.7 Å². The molecule has 1 heterocycles. The highest BCUT2D eigenvalue weighted by Crippen LogP contribution is 2.27. The van der Waals surface area contributed by atoms with Gasteiger partial charge < -0.3 is 20.0 Å². The molecule has 166 valence electrons. The number of aliphatic hydroxyl groups is 1. The summed E-state index contributed by atoms with van der Waals surface area (Å²) in [5, 5.41) is 9.69. The smallest absolute Gasteiger partial charge is 0.334 e. The van der Waals surface area contributed by atoms with Crippen LogP contribution >= 0.6 is 0 Å². The minimum Gasteiger partial charge on any atom is -0.490 e. The molecule has 3 rings (SSSR count). The Balaban J connectivity index is 2.03. The SMILES string of the molecule is C=CCOc1cccc(C(C(=O)OC2CCCCC2)n2ccc(NN)c(CO)c2=O)c1. The van der Waals surface area contributed by atoms with Crippen LogP contribution in [0.4, 0.5) is 5.69 Å². The number of carbonyl (C=O) groups is 1.